The maximum absolute atomic E-state index is 12.9. The van der Waals surface area contributed by atoms with E-state index in [1.165, 1.54) is 44.5 Å². The fourth-order valence-corrected chi connectivity index (χ4v) is 3.36. The lowest BCUT2D eigenvalue weighted by molar-refractivity contribution is 0.112. The van der Waals surface area contributed by atoms with E-state index in [2.05, 4.69) is 10.7 Å². The lowest BCUT2D eigenvalue weighted by Crippen LogP contribution is -2.49. The Hall–Kier alpha value is -3.07. The summed E-state index contributed by atoms with van der Waals surface area (Å²) in [6.45, 7) is 0. The van der Waals surface area contributed by atoms with Crippen LogP contribution in [0.25, 0.3) is 0 Å². The van der Waals surface area contributed by atoms with Crippen LogP contribution in [-0.4, -0.2) is 34.9 Å². The van der Waals surface area contributed by atoms with Gasteiger partial charge in [-0.2, -0.15) is 12.8 Å². The van der Waals surface area contributed by atoms with E-state index in [1.807, 2.05) is 0 Å². The molecule has 2 N–H and O–H groups in total. The predicted molar refractivity (Wildman–Crippen MR) is 92.1 cm³/mol. The molecule has 2 aromatic rings. The number of methoxy groups -OCH3 is 1. The molecule has 25 heavy (non-hydrogen) atoms. The summed E-state index contributed by atoms with van der Waals surface area (Å²) in [5.74, 6) is 0.288. The van der Waals surface area contributed by atoms with E-state index in [0.717, 1.165) is 0 Å². The number of benzene rings is 2. The molecule has 2 amide bonds. The quantitative estimate of drug-likeness (QED) is 0.598. The SMILES string of the molecule is CNC(=O)NN(c1ccc(OC)c(C=O)c1)S(=O)(=O)c1ccccc1. The Balaban J connectivity index is 2.57. The Morgan fingerprint density at radius 1 is 1.16 bits per heavy atom. The van der Waals surface area contributed by atoms with E-state index in [9.17, 15) is 18.0 Å². The van der Waals surface area contributed by atoms with E-state index in [4.69, 9.17) is 4.74 Å². The number of carbonyl (C=O) groups excluding carboxylic acids is 2. The average molecular weight is 363 g/mol. The molecule has 0 aliphatic carbocycles. The topological polar surface area (TPSA) is 105 Å². The van der Waals surface area contributed by atoms with Crippen LogP contribution in [0.4, 0.5) is 10.5 Å². The van der Waals surface area contributed by atoms with Crippen LogP contribution < -0.4 is 19.9 Å². The van der Waals surface area contributed by atoms with Crippen molar-refractivity contribution in [1.82, 2.24) is 10.7 Å². The normalized spacial score (nSPS) is 10.6. The van der Waals surface area contributed by atoms with Crippen LogP contribution in [0.2, 0.25) is 0 Å². The van der Waals surface area contributed by atoms with Gasteiger partial charge in [0.15, 0.2) is 6.29 Å². The summed E-state index contributed by atoms with van der Waals surface area (Å²) >= 11 is 0. The first-order valence-electron chi connectivity index (χ1n) is 7.16. The second-order valence-corrected chi connectivity index (χ2v) is 6.60. The lowest BCUT2D eigenvalue weighted by atomic mass is 10.2. The van der Waals surface area contributed by atoms with Gasteiger partial charge in [-0.05, 0) is 30.3 Å². The Morgan fingerprint density at radius 3 is 2.40 bits per heavy atom. The summed E-state index contributed by atoms with van der Waals surface area (Å²) in [5.41, 5.74) is 2.47. The number of sulfonamides is 1. The molecule has 0 aliphatic rings. The van der Waals surface area contributed by atoms with E-state index in [1.54, 1.807) is 18.2 Å². The fraction of sp³-hybridized carbons (Fsp3) is 0.125. The Labute approximate surface area is 145 Å². The minimum Gasteiger partial charge on any atom is -0.496 e. The number of anilines is 1. The van der Waals surface area contributed by atoms with Crippen molar-refractivity contribution in [3.8, 4) is 5.75 Å². The number of nitrogens with zero attached hydrogens (tertiary/aromatic N) is 1. The Kier molecular flexibility index (Phi) is 5.60. The number of hydrogen-bond donors (Lipinski definition) is 2. The highest BCUT2D eigenvalue weighted by Crippen LogP contribution is 2.27. The van der Waals surface area contributed by atoms with Crippen molar-refractivity contribution in [1.29, 1.82) is 0 Å². The maximum Gasteiger partial charge on any atom is 0.334 e. The van der Waals surface area contributed by atoms with Crippen molar-refractivity contribution in [2.45, 2.75) is 4.90 Å². The fourth-order valence-electron chi connectivity index (χ4n) is 2.05. The minimum absolute atomic E-state index is 0.0186. The maximum atomic E-state index is 12.9. The van der Waals surface area contributed by atoms with Crippen molar-refractivity contribution in [3.05, 3.63) is 54.1 Å². The molecule has 2 rings (SSSR count). The number of rotatable bonds is 6. The zero-order valence-electron chi connectivity index (χ0n) is 13.6. The number of amides is 2. The molecule has 0 saturated heterocycles. The molecule has 9 heteroatoms. The molecule has 132 valence electrons. The number of urea groups is 1. The van der Waals surface area contributed by atoms with E-state index in [-0.39, 0.29) is 21.9 Å². The highest BCUT2D eigenvalue weighted by molar-refractivity contribution is 7.92. The third kappa shape index (κ3) is 3.89. The molecule has 0 atom stereocenters. The van der Waals surface area contributed by atoms with Gasteiger partial charge in [0.25, 0.3) is 10.0 Å². The summed E-state index contributed by atoms with van der Waals surface area (Å²) in [6, 6.07) is 11.0. The number of hydrogen-bond acceptors (Lipinski definition) is 5. The largest absolute Gasteiger partial charge is 0.496 e. The van der Waals surface area contributed by atoms with Gasteiger partial charge in [0.2, 0.25) is 0 Å². The van der Waals surface area contributed by atoms with Crippen molar-refractivity contribution < 1.29 is 22.7 Å². The van der Waals surface area contributed by atoms with Crippen molar-refractivity contribution in [2.24, 2.45) is 0 Å². The van der Waals surface area contributed by atoms with Crippen LogP contribution >= 0.6 is 0 Å². The summed E-state index contributed by atoms with van der Waals surface area (Å²) in [7, 11) is -1.35. The van der Waals surface area contributed by atoms with Gasteiger partial charge in [0, 0.05) is 7.05 Å². The van der Waals surface area contributed by atoms with Gasteiger partial charge in [-0.15, -0.1) is 0 Å². The minimum atomic E-state index is -4.10. The van der Waals surface area contributed by atoms with Gasteiger partial charge < -0.3 is 10.1 Å². The molecule has 0 radical (unpaired) electrons. The van der Waals surface area contributed by atoms with Gasteiger partial charge in [0.1, 0.15) is 5.75 Å². The summed E-state index contributed by atoms with van der Waals surface area (Å²) < 4.78 is 31.6. The zero-order valence-corrected chi connectivity index (χ0v) is 14.4. The van der Waals surface area contributed by atoms with Gasteiger partial charge in [-0.25, -0.2) is 10.2 Å². The average Bonchev–Trinajstić information content (AvgIpc) is 2.65. The zero-order chi connectivity index (χ0) is 18.4. The van der Waals surface area contributed by atoms with Gasteiger partial charge in [-0.1, -0.05) is 18.2 Å². The highest BCUT2D eigenvalue weighted by Gasteiger charge is 2.27. The highest BCUT2D eigenvalue weighted by atomic mass is 32.2. The van der Waals surface area contributed by atoms with Crippen LogP contribution in [0.1, 0.15) is 10.4 Å². The van der Waals surface area contributed by atoms with Crippen LogP contribution in [-0.2, 0) is 10.0 Å². The van der Waals surface area contributed by atoms with Crippen LogP contribution in [0.5, 0.6) is 5.75 Å². The van der Waals surface area contributed by atoms with Gasteiger partial charge >= 0.3 is 6.03 Å². The number of aldehydes is 1. The van der Waals surface area contributed by atoms with Crippen LogP contribution in [0.15, 0.2) is 53.4 Å². The van der Waals surface area contributed by atoms with Crippen molar-refractivity contribution in [3.63, 3.8) is 0 Å². The first-order chi connectivity index (χ1) is 11.9. The molecular formula is C16H17N3O5S. The summed E-state index contributed by atoms with van der Waals surface area (Å²) in [5, 5.41) is 2.29. The molecule has 0 fully saturated rings. The second kappa shape index (κ2) is 7.67. The second-order valence-electron chi connectivity index (χ2n) is 4.82. The van der Waals surface area contributed by atoms with E-state index in [0.29, 0.717) is 10.7 Å². The molecule has 0 bridgehead atoms. The molecule has 0 aliphatic heterocycles. The van der Waals surface area contributed by atoms with Crippen molar-refractivity contribution in [2.75, 3.05) is 18.6 Å². The molecule has 0 spiro atoms. The molecule has 0 saturated carbocycles. The number of nitrogens with one attached hydrogen (secondary N) is 2. The molecular weight excluding hydrogens is 346 g/mol. The Morgan fingerprint density at radius 2 is 1.84 bits per heavy atom. The molecule has 0 unspecified atom stereocenters. The first kappa shape index (κ1) is 18.3. The van der Waals surface area contributed by atoms with E-state index >= 15 is 0 Å². The van der Waals surface area contributed by atoms with Crippen LogP contribution in [0.3, 0.4) is 0 Å². The summed E-state index contributed by atoms with van der Waals surface area (Å²) in [4.78, 5) is 22.9. The van der Waals surface area contributed by atoms with Gasteiger partial charge in [-0.3, -0.25) is 4.79 Å². The number of ether oxygens (including phenoxy) is 1. The van der Waals surface area contributed by atoms with Crippen molar-refractivity contribution >= 4 is 28.0 Å². The molecule has 2 aromatic carbocycles. The van der Waals surface area contributed by atoms with Crippen LogP contribution in [0, 0.1) is 0 Å². The van der Waals surface area contributed by atoms with E-state index < -0.39 is 16.1 Å². The summed E-state index contributed by atoms with van der Waals surface area (Å²) in [6.07, 6.45) is 0.537. The standard InChI is InChI=1S/C16H17N3O5S/c1-17-16(21)18-19(25(22,23)14-6-4-3-5-7-14)13-8-9-15(24-2)12(10-13)11-20/h3-11H,1-2H3,(H2,17,18,21). The smallest absolute Gasteiger partial charge is 0.334 e. The lowest BCUT2D eigenvalue weighted by Gasteiger charge is -2.25. The number of carbonyl (C=O) groups is 2. The third-order valence-corrected chi connectivity index (χ3v) is 4.94. The predicted octanol–water partition coefficient (Wildman–Crippen LogP) is 1.55. The molecule has 0 heterocycles. The first-order valence-corrected chi connectivity index (χ1v) is 8.60. The number of hydrazine groups is 1. The molecule has 0 aromatic heterocycles. The Bertz CT molecular complexity index is 869. The van der Waals surface area contributed by atoms with Gasteiger partial charge in [0.05, 0.1) is 23.3 Å². The monoisotopic (exact) mass is 363 g/mol. The molecule has 8 nitrogen and oxygen atoms in total. The third-order valence-electron chi connectivity index (χ3n) is 3.29.